The number of hydrogen-bond donors (Lipinski definition) is 1. The van der Waals surface area contributed by atoms with Crippen LogP contribution in [0, 0.1) is 5.92 Å². The van der Waals surface area contributed by atoms with E-state index in [-0.39, 0.29) is 5.54 Å². The SMILES string of the molecule is CC(C)(N)CSCOCC1CC1. The molecule has 72 valence electrons. The number of rotatable bonds is 6. The molecule has 0 unspecified atom stereocenters. The summed E-state index contributed by atoms with van der Waals surface area (Å²) < 4.78 is 5.46. The van der Waals surface area contributed by atoms with Gasteiger partial charge in [-0.3, -0.25) is 0 Å². The second-order valence-electron chi connectivity index (χ2n) is 4.27. The Kier molecular flexibility index (Phi) is 3.87. The van der Waals surface area contributed by atoms with Crippen LogP contribution < -0.4 is 5.73 Å². The first-order valence-corrected chi connectivity index (χ1v) is 5.68. The quantitative estimate of drug-likeness (QED) is 0.511. The van der Waals surface area contributed by atoms with Crippen LogP contribution in [-0.2, 0) is 4.74 Å². The van der Waals surface area contributed by atoms with E-state index in [1.54, 1.807) is 11.8 Å². The van der Waals surface area contributed by atoms with Gasteiger partial charge in [-0.2, -0.15) is 0 Å². The normalized spacial score (nSPS) is 18.2. The number of hydrogen-bond acceptors (Lipinski definition) is 3. The van der Waals surface area contributed by atoms with Crippen molar-refractivity contribution in [3.8, 4) is 0 Å². The molecule has 1 aliphatic carbocycles. The first-order chi connectivity index (χ1) is 5.58. The summed E-state index contributed by atoms with van der Waals surface area (Å²) in [6.45, 7) is 5.04. The van der Waals surface area contributed by atoms with Crippen LogP contribution in [0.3, 0.4) is 0 Å². The van der Waals surface area contributed by atoms with Gasteiger partial charge in [0.25, 0.3) is 0 Å². The fourth-order valence-corrected chi connectivity index (χ4v) is 1.69. The van der Waals surface area contributed by atoms with Gasteiger partial charge in [0.1, 0.15) is 0 Å². The highest BCUT2D eigenvalue weighted by atomic mass is 32.2. The van der Waals surface area contributed by atoms with E-state index in [1.165, 1.54) is 12.8 Å². The van der Waals surface area contributed by atoms with Gasteiger partial charge in [-0.25, -0.2) is 0 Å². The average molecular weight is 189 g/mol. The second kappa shape index (κ2) is 4.49. The monoisotopic (exact) mass is 189 g/mol. The standard InChI is InChI=1S/C9H19NOS/c1-9(2,10)6-12-7-11-5-8-3-4-8/h8H,3-7,10H2,1-2H3. The minimum absolute atomic E-state index is 0.0619. The van der Waals surface area contributed by atoms with Gasteiger partial charge in [0.05, 0.1) is 12.5 Å². The predicted molar refractivity (Wildman–Crippen MR) is 54.3 cm³/mol. The molecule has 0 atom stereocenters. The third-order valence-electron chi connectivity index (χ3n) is 1.69. The molecule has 12 heavy (non-hydrogen) atoms. The molecular weight excluding hydrogens is 170 g/mol. The highest BCUT2D eigenvalue weighted by molar-refractivity contribution is 7.99. The maximum atomic E-state index is 5.81. The van der Waals surface area contributed by atoms with E-state index in [9.17, 15) is 0 Å². The summed E-state index contributed by atoms with van der Waals surface area (Å²) in [6.07, 6.45) is 2.74. The Labute approximate surface area is 79.2 Å². The van der Waals surface area contributed by atoms with Crippen molar-refractivity contribution in [2.24, 2.45) is 11.7 Å². The van der Waals surface area contributed by atoms with Crippen LogP contribution in [0.4, 0.5) is 0 Å². The summed E-state index contributed by atoms with van der Waals surface area (Å²) in [7, 11) is 0. The van der Waals surface area contributed by atoms with E-state index in [4.69, 9.17) is 10.5 Å². The van der Waals surface area contributed by atoms with Crippen LogP contribution in [0.2, 0.25) is 0 Å². The summed E-state index contributed by atoms with van der Waals surface area (Å²) in [4.78, 5) is 0. The molecule has 2 nitrogen and oxygen atoms in total. The molecule has 0 aromatic carbocycles. The molecule has 0 aromatic heterocycles. The van der Waals surface area contributed by atoms with Crippen LogP contribution in [0.25, 0.3) is 0 Å². The summed E-state index contributed by atoms with van der Waals surface area (Å²) in [5, 5.41) is 0. The van der Waals surface area contributed by atoms with Crippen molar-refractivity contribution in [2.45, 2.75) is 32.2 Å². The summed E-state index contributed by atoms with van der Waals surface area (Å²) in [6, 6.07) is 0. The molecule has 2 N–H and O–H groups in total. The Morgan fingerprint density at radius 2 is 2.17 bits per heavy atom. The lowest BCUT2D eigenvalue weighted by Crippen LogP contribution is -2.34. The fourth-order valence-electron chi connectivity index (χ4n) is 0.863. The zero-order valence-electron chi connectivity index (χ0n) is 8.01. The van der Waals surface area contributed by atoms with Crippen molar-refractivity contribution in [3.63, 3.8) is 0 Å². The van der Waals surface area contributed by atoms with Crippen LogP contribution in [-0.4, -0.2) is 23.8 Å². The van der Waals surface area contributed by atoms with Gasteiger partial charge >= 0.3 is 0 Å². The maximum absolute atomic E-state index is 5.81. The van der Waals surface area contributed by atoms with Gasteiger partial charge in [0.2, 0.25) is 0 Å². The largest absolute Gasteiger partial charge is 0.371 e. The van der Waals surface area contributed by atoms with Crippen LogP contribution in [0.5, 0.6) is 0 Å². The van der Waals surface area contributed by atoms with E-state index in [0.29, 0.717) is 0 Å². The van der Waals surface area contributed by atoms with Crippen molar-refractivity contribution < 1.29 is 4.74 Å². The molecule has 0 saturated heterocycles. The molecule has 0 aliphatic heterocycles. The Bertz CT molecular complexity index is 129. The number of thioether (sulfide) groups is 1. The maximum Gasteiger partial charge on any atom is 0.0921 e. The highest BCUT2D eigenvalue weighted by Crippen LogP contribution is 2.29. The molecule has 1 rings (SSSR count). The first kappa shape index (κ1) is 10.4. The highest BCUT2D eigenvalue weighted by Gasteiger charge is 2.21. The third-order valence-corrected chi connectivity index (χ3v) is 2.97. The van der Waals surface area contributed by atoms with E-state index in [1.807, 2.05) is 13.8 Å². The zero-order chi connectivity index (χ0) is 9.03. The predicted octanol–water partition coefficient (Wildman–Crippen LogP) is 1.84. The molecule has 1 saturated carbocycles. The van der Waals surface area contributed by atoms with E-state index < -0.39 is 0 Å². The van der Waals surface area contributed by atoms with Gasteiger partial charge in [0.15, 0.2) is 0 Å². The molecule has 0 amide bonds. The van der Waals surface area contributed by atoms with Crippen molar-refractivity contribution >= 4 is 11.8 Å². The third kappa shape index (κ3) is 5.86. The molecule has 1 fully saturated rings. The van der Waals surface area contributed by atoms with E-state index in [0.717, 1.165) is 24.2 Å². The summed E-state index contributed by atoms with van der Waals surface area (Å²) in [5.41, 5.74) is 5.75. The Morgan fingerprint density at radius 3 is 2.67 bits per heavy atom. The van der Waals surface area contributed by atoms with E-state index in [2.05, 4.69) is 0 Å². The van der Waals surface area contributed by atoms with Gasteiger partial charge in [-0.1, -0.05) is 0 Å². The molecule has 1 aliphatic rings. The molecule has 0 radical (unpaired) electrons. The summed E-state index contributed by atoms with van der Waals surface area (Å²) in [5.74, 6) is 2.64. The van der Waals surface area contributed by atoms with Gasteiger partial charge < -0.3 is 10.5 Å². The molecule has 0 spiro atoms. The smallest absolute Gasteiger partial charge is 0.0921 e. The minimum atomic E-state index is -0.0619. The lowest BCUT2D eigenvalue weighted by atomic mass is 10.1. The van der Waals surface area contributed by atoms with Crippen LogP contribution >= 0.6 is 11.8 Å². The fraction of sp³-hybridized carbons (Fsp3) is 1.00. The van der Waals surface area contributed by atoms with Crippen LogP contribution in [0.1, 0.15) is 26.7 Å². The number of nitrogens with two attached hydrogens (primary N) is 1. The average Bonchev–Trinajstić information content (AvgIpc) is 2.68. The van der Waals surface area contributed by atoms with E-state index >= 15 is 0 Å². The van der Waals surface area contributed by atoms with Gasteiger partial charge in [-0.05, 0) is 32.6 Å². The molecule has 0 bridgehead atoms. The Hall–Kier alpha value is 0.270. The van der Waals surface area contributed by atoms with Crippen LogP contribution in [0.15, 0.2) is 0 Å². The number of ether oxygens (including phenoxy) is 1. The molecular formula is C9H19NOS. The first-order valence-electron chi connectivity index (χ1n) is 4.52. The van der Waals surface area contributed by atoms with Crippen molar-refractivity contribution in [3.05, 3.63) is 0 Å². The van der Waals surface area contributed by atoms with Crippen molar-refractivity contribution in [1.29, 1.82) is 0 Å². The minimum Gasteiger partial charge on any atom is -0.371 e. The lowest BCUT2D eigenvalue weighted by molar-refractivity contribution is 0.171. The Morgan fingerprint density at radius 1 is 1.50 bits per heavy atom. The molecule has 0 heterocycles. The second-order valence-corrected chi connectivity index (χ2v) is 5.20. The van der Waals surface area contributed by atoms with Crippen molar-refractivity contribution in [2.75, 3.05) is 18.3 Å². The lowest BCUT2D eigenvalue weighted by Gasteiger charge is -2.17. The molecule has 0 aromatic rings. The van der Waals surface area contributed by atoms with Gasteiger partial charge in [-0.15, -0.1) is 11.8 Å². The topological polar surface area (TPSA) is 35.2 Å². The summed E-state index contributed by atoms with van der Waals surface area (Å²) >= 11 is 1.78. The Balaban J connectivity index is 1.82. The van der Waals surface area contributed by atoms with Crippen molar-refractivity contribution in [1.82, 2.24) is 0 Å². The zero-order valence-corrected chi connectivity index (χ0v) is 8.82. The van der Waals surface area contributed by atoms with Gasteiger partial charge in [0, 0.05) is 11.3 Å². The molecule has 3 heteroatoms.